The summed E-state index contributed by atoms with van der Waals surface area (Å²) in [7, 11) is 0. The molecule has 4 heteroatoms. The molecule has 0 spiro atoms. The van der Waals surface area contributed by atoms with Crippen LogP contribution in [0.1, 0.15) is 25.8 Å². The molecule has 94 valence electrons. The van der Waals surface area contributed by atoms with Crippen LogP contribution in [0.4, 0.5) is 14.5 Å². The largest absolute Gasteiger partial charge is 0.433 e. The van der Waals surface area contributed by atoms with Crippen LogP contribution in [0.15, 0.2) is 18.2 Å². The van der Waals surface area contributed by atoms with Crippen molar-refractivity contribution in [2.24, 2.45) is 0 Å². The van der Waals surface area contributed by atoms with Gasteiger partial charge in [-0.3, -0.25) is 0 Å². The van der Waals surface area contributed by atoms with E-state index in [1.807, 2.05) is 6.07 Å². The molecule has 0 fully saturated rings. The Bertz CT molecular complexity index is 393. The highest BCUT2D eigenvalue weighted by Crippen LogP contribution is 2.38. The molecule has 1 aromatic carbocycles. The molecule has 0 unspecified atom stereocenters. The van der Waals surface area contributed by atoms with Crippen LogP contribution in [0.5, 0.6) is 5.75 Å². The Kier molecular flexibility index (Phi) is 3.50. The van der Waals surface area contributed by atoms with E-state index in [4.69, 9.17) is 0 Å². The number of hydrogen-bond donors (Lipinski definition) is 0. The summed E-state index contributed by atoms with van der Waals surface area (Å²) in [6.45, 7) is 2.26. The van der Waals surface area contributed by atoms with E-state index in [1.54, 1.807) is 12.1 Å². The quantitative estimate of drug-likeness (QED) is 0.803. The molecule has 0 saturated carbocycles. The number of benzene rings is 1. The zero-order valence-electron chi connectivity index (χ0n) is 10.1. The Morgan fingerprint density at radius 3 is 2.71 bits per heavy atom. The monoisotopic (exact) mass is 241 g/mol. The van der Waals surface area contributed by atoms with Crippen LogP contribution >= 0.6 is 0 Å². The standard InChI is InChI=1S/C13H17F2NO/c1-9(2)16-8-4-6-10-5-3-7-11(12(10)16)17-13(14)15/h3,5,7,9,13H,4,6,8H2,1-2H3. The van der Waals surface area contributed by atoms with Gasteiger partial charge in [0.25, 0.3) is 0 Å². The van der Waals surface area contributed by atoms with Crippen molar-refractivity contribution in [2.75, 3.05) is 11.4 Å². The van der Waals surface area contributed by atoms with Crippen LogP contribution in [0.2, 0.25) is 0 Å². The maximum atomic E-state index is 12.4. The second-order valence-corrected chi connectivity index (χ2v) is 4.53. The lowest BCUT2D eigenvalue weighted by atomic mass is 10.00. The molecular weight excluding hydrogens is 224 g/mol. The van der Waals surface area contributed by atoms with Crippen molar-refractivity contribution < 1.29 is 13.5 Å². The molecular formula is C13H17F2NO. The number of para-hydroxylation sites is 1. The third-order valence-electron chi connectivity index (χ3n) is 3.05. The first-order valence-corrected chi connectivity index (χ1v) is 5.93. The van der Waals surface area contributed by atoms with Gasteiger partial charge in [-0.15, -0.1) is 0 Å². The summed E-state index contributed by atoms with van der Waals surface area (Å²) in [4.78, 5) is 2.14. The number of aryl methyl sites for hydroxylation is 1. The molecule has 0 saturated heterocycles. The van der Waals surface area contributed by atoms with Crippen LogP contribution in [0, 0.1) is 0 Å². The first-order valence-electron chi connectivity index (χ1n) is 5.93. The number of hydrogen-bond acceptors (Lipinski definition) is 2. The first-order chi connectivity index (χ1) is 8.09. The van der Waals surface area contributed by atoms with Crippen molar-refractivity contribution in [1.29, 1.82) is 0 Å². The topological polar surface area (TPSA) is 12.5 Å². The molecule has 1 heterocycles. The molecule has 0 aromatic heterocycles. The summed E-state index contributed by atoms with van der Waals surface area (Å²) in [5, 5.41) is 0. The van der Waals surface area contributed by atoms with E-state index in [2.05, 4.69) is 23.5 Å². The fourth-order valence-corrected chi connectivity index (χ4v) is 2.35. The lowest BCUT2D eigenvalue weighted by molar-refractivity contribution is -0.0496. The van der Waals surface area contributed by atoms with Crippen LogP contribution in [-0.4, -0.2) is 19.2 Å². The Morgan fingerprint density at radius 2 is 2.06 bits per heavy atom. The highest BCUT2D eigenvalue weighted by Gasteiger charge is 2.24. The number of anilines is 1. The van der Waals surface area contributed by atoms with Crippen LogP contribution in [0.3, 0.4) is 0 Å². The smallest absolute Gasteiger partial charge is 0.387 e. The van der Waals surface area contributed by atoms with Crippen molar-refractivity contribution in [3.05, 3.63) is 23.8 Å². The van der Waals surface area contributed by atoms with Gasteiger partial charge >= 0.3 is 6.61 Å². The first kappa shape index (κ1) is 12.1. The molecule has 1 aliphatic heterocycles. The Morgan fingerprint density at radius 1 is 1.29 bits per heavy atom. The summed E-state index contributed by atoms with van der Waals surface area (Å²) < 4.78 is 29.4. The van der Waals surface area contributed by atoms with Crippen molar-refractivity contribution in [2.45, 2.75) is 39.3 Å². The molecule has 0 aliphatic carbocycles. The van der Waals surface area contributed by atoms with E-state index in [0.717, 1.165) is 30.6 Å². The van der Waals surface area contributed by atoms with E-state index in [1.165, 1.54) is 0 Å². The predicted octanol–water partition coefficient (Wildman–Crippen LogP) is 3.45. The van der Waals surface area contributed by atoms with E-state index in [9.17, 15) is 8.78 Å². The molecule has 0 amide bonds. The van der Waals surface area contributed by atoms with Crippen molar-refractivity contribution in [3.63, 3.8) is 0 Å². The van der Waals surface area contributed by atoms with Gasteiger partial charge in [0.1, 0.15) is 5.75 Å². The maximum absolute atomic E-state index is 12.4. The Hall–Kier alpha value is -1.32. The van der Waals surface area contributed by atoms with Crippen molar-refractivity contribution >= 4 is 5.69 Å². The van der Waals surface area contributed by atoms with Gasteiger partial charge in [-0.05, 0) is 38.3 Å². The summed E-state index contributed by atoms with van der Waals surface area (Å²) in [5.74, 6) is 0.297. The van der Waals surface area contributed by atoms with E-state index >= 15 is 0 Å². The van der Waals surface area contributed by atoms with Gasteiger partial charge < -0.3 is 9.64 Å². The molecule has 0 bridgehead atoms. The highest BCUT2D eigenvalue weighted by atomic mass is 19.3. The summed E-state index contributed by atoms with van der Waals surface area (Å²) in [6.07, 6.45) is 1.99. The third-order valence-corrected chi connectivity index (χ3v) is 3.05. The van der Waals surface area contributed by atoms with E-state index in [-0.39, 0.29) is 6.04 Å². The minimum atomic E-state index is -2.77. The summed E-state index contributed by atoms with van der Waals surface area (Å²) in [5.41, 5.74) is 1.94. The minimum absolute atomic E-state index is 0.288. The van der Waals surface area contributed by atoms with Gasteiger partial charge in [-0.1, -0.05) is 12.1 Å². The van der Waals surface area contributed by atoms with Gasteiger partial charge in [-0.25, -0.2) is 0 Å². The zero-order valence-corrected chi connectivity index (χ0v) is 10.1. The number of rotatable bonds is 3. The van der Waals surface area contributed by atoms with Crippen LogP contribution in [0.25, 0.3) is 0 Å². The van der Waals surface area contributed by atoms with Gasteiger partial charge in [-0.2, -0.15) is 8.78 Å². The zero-order chi connectivity index (χ0) is 12.4. The van der Waals surface area contributed by atoms with Gasteiger partial charge in [0.15, 0.2) is 0 Å². The lowest BCUT2D eigenvalue weighted by Crippen LogP contribution is -2.35. The molecule has 0 atom stereocenters. The number of fused-ring (bicyclic) bond motifs is 1. The van der Waals surface area contributed by atoms with Gasteiger partial charge in [0, 0.05) is 12.6 Å². The molecule has 2 rings (SSSR count). The van der Waals surface area contributed by atoms with Gasteiger partial charge in [0.05, 0.1) is 5.69 Å². The van der Waals surface area contributed by atoms with Crippen molar-refractivity contribution in [1.82, 2.24) is 0 Å². The fourth-order valence-electron chi connectivity index (χ4n) is 2.35. The summed E-state index contributed by atoms with van der Waals surface area (Å²) in [6, 6.07) is 5.67. The SMILES string of the molecule is CC(C)N1CCCc2cccc(OC(F)F)c21. The van der Waals surface area contributed by atoms with E-state index in [0.29, 0.717) is 5.75 Å². The Labute approximate surface area is 100 Å². The molecule has 0 N–H and O–H groups in total. The third kappa shape index (κ3) is 2.51. The number of halogens is 2. The minimum Gasteiger partial charge on any atom is -0.433 e. The van der Waals surface area contributed by atoms with Crippen LogP contribution in [-0.2, 0) is 6.42 Å². The number of ether oxygens (including phenoxy) is 1. The maximum Gasteiger partial charge on any atom is 0.387 e. The van der Waals surface area contributed by atoms with Crippen molar-refractivity contribution in [3.8, 4) is 5.75 Å². The number of nitrogens with zero attached hydrogens (tertiary/aromatic N) is 1. The second kappa shape index (κ2) is 4.90. The van der Waals surface area contributed by atoms with Gasteiger partial charge in [0.2, 0.25) is 0 Å². The average Bonchev–Trinajstić information content (AvgIpc) is 2.27. The van der Waals surface area contributed by atoms with Crippen LogP contribution < -0.4 is 9.64 Å². The number of alkyl halides is 2. The molecule has 1 aromatic rings. The molecule has 17 heavy (non-hydrogen) atoms. The molecule has 1 aliphatic rings. The predicted molar refractivity (Wildman–Crippen MR) is 63.9 cm³/mol. The fraction of sp³-hybridized carbons (Fsp3) is 0.538. The molecule has 2 nitrogen and oxygen atoms in total. The Balaban J connectivity index is 2.41. The normalized spacial score (nSPS) is 15.3. The van der Waals surface area contributed by atoms with E-state index < -0.39 is 6.61 Å². The second-order valence-electron chi connectivity index (χ2n) is 4.53. The molecule has 0 radical (unpaired) electrons. The highest BCUT2D eigenvalue weighted by molar-refractivity contribution is 5.65. The summed E-state index contributed by atoms with van der Waals surface area (Å²) >= 11 is 0. The average molecular weight is 241 g/mol. The lowest BCUT2D eigenvalue weighted by Gasteiger charge is -2.35.